The fourth-order valence-electron chi connectivity index (χ4n) is 2.64. The van der Waals surface area contributed by atoms with Crippen molar-refractivity contribution < 1.29 is 19.0 Å². The summed E-state index contributed by atoms with van der Waals surface area (Å²) in [6.07, 6.45) is -0.152. The van der Waals surface area contributed by atoms with Crippen LogP contribution in [0.5, 0.6) is 0 Å². The molecule has 0 aliphatic carbocycles. The van der Waals surface area contributed by atoms with Crippen LogP contribution in [0.25, 0.3) is 0 Å². The van der Waals surface area contributed by atoms with Gasteiger partial charge in [0.15, 0.2) is 0 Å². The summed E-state index contributed by atoms with van der Waals surface area (Å²) in [5.74, 6) is -1.33. The van der Waals surface area contributed by atoms with Gasteiger partial charge in [0.25, 0.3) is 0 Å². The molecule has 1 aliphatic rings. The third-order valence-electron chi connectivity index (χ3n) is 3.71. The first-order valence-corrected chi connectivity index (χ1v) is 7.23. The van der Waals surface area contributed by atoms with Gasteiger partial charge in [-0.25, -0.2) is 4.39 Å². The maximum absolute atomic E-state index is 14.2. The van der Waals surface area contributed by atoms with E-state index in [9.17, 15) is 14.3 Å². The van der Waals surface area contributed by atoms with Crippen molar-refractivity contribution in [3.63, 3.8) is 0 Å². The van der Waals surface area contributed by atoms with Crippen LogP contribution in [-0.4, -0.2) is 42.3 Å². The van der Waals surface area contributed by atoms with Crippen LogP contribution in [0.1, 0.15) is 18.9 Å². The van der Waals surface area contributed by atoms with Crippen LogP contribution in [0.2, 0.25) is 0 Å². The summed E-state index contributed by atoms with van der Waals surface area (Å²) in [5, 5.41) is 9.21. The highest BCUT2D eigenvalue weighted by atomic mass is 79.9. The van der Waals surface area contributed by atoms with Gasteiger partial charge in [-0.15, -0.1) is 0 Å². The van der Waals surface area contributed by atoms with E-state index >= 15 is 0 Å². The van der Waals surface area contributed by atoms with Gasteiger partial charge in [-0.2, -0.15) is 0 Å². The fourth-order valence-corrected chi connectivity index (χ4v) is 3.00. The topological polar surface area (TPSA) is 49.8 Å². The Bertz CT molecular complexity index is 505. The molecular weight excluding hydrogens is 329 g/mol. The van der Waals surface area contributed by atoms with E-state index in [4.69, 9.17) is 4.74 Å². The lowest BCUT2D eigenvalue weighted by atomic mass is 9.86. The van der Waals surface area contributed by atoms with E-state index < -0.39 is 11.5 Å². The molecular formula is C14H17BrFNO3. The molecule has 1 fully saturated rings. The quantitative estimate of drug-likeness (QED) is 0.911. The lowest BCUT2D eigenvalue weighted by Crippen LogP contribution is -2.51. The Morgan fingerprint density at radius 2 is 2.15 bits per heavy atom. The van der Waals surface area contributed by atoms with Crippen molar-refractivity contribution in [2.24, 2.45) is 0 Å². The van der Waals surface area contributed by atoms with Crippen LogP contribution < -0.4 is 0 Å². The minimum Gasteiger partial charge on any atom is -0.481 e. The third-order valence-corrected chi connectivity index (χ3v) is 4.21. The lowest BCUT2D eigenvalue weighted by molar-refractivity contribution is -0.141. The number of aliphatic carboxylic acids is 1. The number of halogens is 2. The number of carboxylic acids is 1. The molecule has 1 aromatic rings. The first-order valence-electron chi connectivity index (χ1n) is 6.43. The molecule has 1 aliphatic heterocycles. The molecule has 20 heavy (non-hydrogen) atoms. The predicted molar refractivity (Wildman–Crippen MR) is 76.1 cm³/mol. The van der Waals surface area contributed by atoms with Crippen molar-refractivity contribution in [2.75, 3.05) is 26.3 Å². The van der Waals surface area contributed by atoms with Gasteiger partial charge >= 0.3 is 5.97 Å². The normalized spacial score (nSPS) is 19.6. The van der Waals surface area contributed by atoms with Gasteiger partial charge in [-0.1, -0.05) is 15.9 Å². The Kier molecular flexibility index (Phi) is 4.78. The van der Waals surface area contributed by atoms with Crippen molar-refractivity contribution >= 4 is 21.9 Å². The Hall–Kier alpha value is -0.980. The number of nitrogens with zero attached hydrogens (tertiary/aromatic N) is 1. The van der Waals surface area contributed by atoms with E-state index in [0.717, 1.165) is 4.47 Å². The molecule has 1 atom stereocenters. The zero-order chi connectivity index (χ0) is 14.8. The van der Waals surface area contributed by atoms with E-state index in [1.54, 1.807) is 19.1 Å². The molecule has 1 saturated heterocycles. The second-order valence-corrected chi connectivity index (χ2v) is 5.98. The Labute approximate surface area is 125 Å². The molecule has 0 bridgehead atoms. The third kappa shape index (κ3) is 3.19. The summed E-state index contributed by atoms with van der Waals surface area (Å²) in [6.45, 7) is 4.03. The molecule has 0 aromatic heterocycles. The van der Waals surface area contributed by atoms with Gasteiger partial charge in [-0.3, -0.25) is 9.69 Å². The molecule has 110 valence electrons. The predicted octanol–water partition coefficient (Wildman–Crippen LogP) is 2.61. The zero-order valence-electron chi connectivity index (χ0n) is 11.2. The van der Waals surface area contributed by atoms with Crippen molar-refractivity contribution in [1.29, 1.82) is 0 Å². The first kappa shape index (κ1) is 15.4. The number of benzene rings is 1. The van der Waals surface area contributed by atoms with Gasteiger partial charge in [0.2, 0.25) is 0 Å². The summed E-state index contributed by atoms with van der Waals surface area (Å²) in [6, 6.07) is 4.63. The van der Waals surface area contributed by atoms with Crippen molar-refractivity contribution in [1.82, 2.24) is 4.90 Å². The Morgan fingerprint density at radius 3 is 2.75 bits per heavy atom. The van der Waals surface area contributed by atoms with E-state index in [2.05, 4.69) is 15.9 Å². The molecule has 1 aromatic carbocycles. The second-order valence-electron chi connectivity index (χ2n) is 5.07. The number of carboxylic acid groups (broad SMARTS) is 1. The average molecular weight is 346 g/mol. The van der Waals surface area contributed by atoms with Crippen molar-refractivity contribution in [3.05, 3.63) is 34.1 Å². The summed E-state index contributed by atoms with van der Waals surface area (Å²) in [7, 11) is 0. The van der Waals surface area contributed by atoms with Gasteiger partial charge in [0.05, 0.1) is 25.2 Å². The smallest absolute Gasteiger partial charge is 0.305 e. The molecule has 0 amide bonds. The summed E-state index contributed by atoms with van der Waals surface area (Å²) in [5.41, 5.74) is -0.486. The Morgan fingerprint density at radius 1 is 1.50 bits per heavy atom. The fraction of sp³-hybridized carbons (Fsp3) is 0.500. The first-order chi connectivity index (χ1) is 9.43. The molecule has 4 nitrogen and oxygen atoms in total. The molecule has 2 rings (SSSR count). The number of morpholine rings is 1. The van der Waals surface area contributed by atoms with E-state index in [1.165, 1.54) is 6.07 Å². The number of carbonyl (C=O) groups is 1. The standard InChI is InChI=1S/C14H17BrFNO3/c1-14(9-13(18)19,17-4-6-20-7-5-17)11-8-10(15)2-3-12(11)16/h2-3,8H,4-7,9H2,1H3,(H,18,19). The van der Waals surface area contributed by atoms with E-state index in [0.29, 0.717) is 31.9 Å². The highest BCUT2D eigenvalue weighted by Gasteiger charge is 2.38. The molecule has 1 heterocycles. The van der Waals surface area contributed by atoms with Crippen LogP contribution in [0, 0.1) is 5.82 Å². The van der Waals surface area contributed by atoms with Crippen LogP contribution in [0.4, 0.5) is 4.39 Å². The highest BCUT2D eigenvalue weighted by Crippen LogP contribution is 2.35. The van der Waals surface area contributed by atoms with Gasteiger partial charge in [0.1, 0.15) is 5.82 Å². The lowest BCUT2D eigenvalue weighted by Gasteiger charge is -2.43. The van der Waals surface area contributed by atoms with Crippen LogP contribution in [-0.2, 0) is 15.1 Å². The number of hydrogen-bond donors (Lipinski definition) is 1. The van der Waals surface area contributed by atoms with E-state index in [1.807, 2.05) is 4.90 Å². The maximum atomic E-state index is 14.2. The van der Waals surface area contributed by atoms with Crippen LogP contribution in [0.15, 0.2) is 22.7 Å². The Balaban J connectivity index is 2.44. The SMILES string of the molecule is CC(CC(=O)O)(c1cc(Br)ccc1F)N1CCOCC1. The molecule has 1 N–H and O–H groups in total. The molecule has 6 heteroatoms. The minimum absolute atomic E-state index is 0.152. The number of hydrogen-bond acceptors (Lipinski definition) is 3. The highest BCUT2D eigenvalue weighted by molar-refractivity contribution is 9.10. The van der Waals surface area contributed by atoms with E-state index in [-0.39, 0.29) is 12.2 Å². The molecule has 0 saturated carbocycles. The maximum Gasteiger partial charge on any atom is 0.305 e. The zero-order valence-corrected chi connectivity index (χ0v) is 12.8. The summed E-state index contributed by atoms with van der Waals surface area (Å²) < 4.78 is 20.2. The molecule has 0 radical (unpaired) electrons. The van der Waals surface area contributed by atoms with Crippen molar-refractivity contribution in [2.45, 2.75) is 18.9 Å². The average Bonchev–Trinajstić information content (AvgIpc) is 2.41. The summed E-state index contributed by atoms with van der Waals surface area (Å²) in [4.78, 5) is 13.2. The van der Waals surface area contributed by atoms with Crippen LogP contribution in [0.3, 0.4) is 0 Å². The summed E-state index contributed by atoms with van der Waals surface area (Å²) >= 11 is 3.32. The van der Waals surface area contributed by atoms with Crippen LogP contribution >= 0.6 is 15.9 Å². The van der Waals surface area contributed by atoms with Gasteiger partial charge in [0, 0.05) is 23.1 Å². The molecule has 1 unspecified atom stereocenters. The largest absolute Gasteiger partial charge is 0.481 e. The van der Waals surface area contributed by atoms with Crippen molar-refractivity contribution in [3.8, 4) is 0 Å². The monoisotopic (exact) mass is 345 g/mol. The molecule has 0 spiro atoms. The van der Waals surface area contributed by atoms with Gasteiger partial charge in [-0.05, 0) is 25.1 Å². The number of rotatable bonds is 4. The minimum atomic E-state index is -0.946. The van der Waals surface area contributed by atoms with Gasteiger partial charge < -0.3 is 9.84 Å². The number of ether oxygens (including phenoxy) is 1. The second kappa shape index (κ2) is 6.20.